The Morgan fingerprint density at radius 1 is 1.41 bits per heavy atom. The summed E-state index contributed by atoms with van der Waals surface area (Å²) in [5.41, 5.74) is 1.08. The molecule has 0 saturated carbocycles. The topological polar surface area (TPSA) is 58.1 Å². The van der Waals surface area contributed by atoms with Gasteiger partial charge in [-0.1, -0.05) is 0 Å². The van der Waals surface area contributed by atoms with E-state index < -0.39 is 0 Å². The van der Waals surface area contributed by atoms with Crippen molar-refractivity contribution in [3.63, 3.8) is 0 Å². The summed E-state index contributed by atoms with van der Waals surface area (Å²) >= 11 is 0. The molecule has 1 amide bonds. The van der Waals surface area contributed by atoms with Crippen molar-refractivity contribution in [2.45, 2.75) is 24.7 Å². The third-order valence-electron chi connectivity index (χ3n) is 3.98. The second-order valence-corrected chi connectivity index (χ2v) is 5.09. The van der Waals surface area contributed by atoms with E-state index in [9.17, 15) is 4.79 Å². The number of piperidine rings is 1. The Morgan fingerprint density at radius 2 is 2.18 bits per heavy atom. The molecule has 5 nitrogen and oxygen atoms in total. The van der Waals surface area contributed by atoms with Crippen molar-refractivity contribution in [3.8, 4) is 0 Å². The van der Waals surface area contributed by atoms with Crippen LogP contribution < -0.4 is 5.32 Å². The van der Waals surface area contributed by atoms with Crippen LogP contribution in [0.1, 0.15) is 24.8 Å². The number of hydrogen-bond donors (Lipinski definition) is 1. The normalized spacial score (nSPS) is 23.2. The van der Waals surface area contributed by atoms with Gasteiger partial charge in [0.2, 0.25) is 5.91 Å². The molecule has 0 atom stereocenters. The second kappa shape index (κ2) is 3.77. The first-order chi connectivity index (χ1) is 8.20. The highest BCUT2D eigenvalue weighted by molar-refractivity contribution is 5.94. The van der Waals surface area contributed by atoms with E-state index in [-0.39, 0.29) is 11.3 Å². The van der Waals surface area contributed by atoms with Crippen LogP contribution in [0.4, 0.5) is 5.82 Å². The van der Waals surface area contributed by atoms with Crippen LogP contribution in [0.3, 0.4) is 0 Å². The Hall–Kier alpha value is -1.49. The number of likely N-dealkylation sites (tertiary alicyclic amines) is 1. The van der Waals surface area contributed by atoms with E-state index in [1.807, 2.05) is 6.20 Å². The molecule has 1 N–H and O–H groups in total. The van der Waals surface area contributed by atoms with E-state index in [2.05, 4.69) is 27.2 Å². The number of nitrogens with zero attached hydrogens (tertiary/aromatic N) is 3. The fraction of sp³-hybridized carbons (Fsp3) is 0.583. The van der Waals surface area contributed by atoms with Gasteiger partial charge in [0, 0.05) is 23.6 Å². The summed E-state index contributed by atoms with van der Waals surface area (Å²) < 4.78 is 0. The summed E-state index contributed by atoms with van der Waals surface area (Å²) in [4.78, 5) is 22.4. The van der Waals surface area contributed by atoms with Crippen molar-refractivity contribution >= 4 is 11.7 Å². The number of aromatic nitrogens is 2. The van der Waals surface area contributed by atoms with Crippen molar-refractivity contribution in [3.05, 3.63) is 18.1 Å². The van der Waals surface area contributed by atoms with Crippen molar-refractivity contribution in [2.75, 3.05) is 25.5 Å². The molecule has 5 heteroatoms. The maximum Gasteiger partial charge on any atom is 0.226 e. The van der Waals surface area contributed by atoms with Crippen LogP contribution in [0.2, 0.25) is 0 Å². The van der Waals surface area contributed by atoms with E-state index in [1.165, 1.54) is 6.33 Å². The van der Waals surface area contributed by atoms with Gasteiger partial charge >= 0.3 is 0 Å². The van der Waals surface area contributed by atoms with E-state index in [0.717, 1.165) is 31.5 Å². The zero-order valence-electron chi connectivity index (χ0n) is 9.94. The molecule has 2 aliphatic rings. The first kappa shape index (κ1) is 10.7. The number of rotatable bonds is 0. The van der Waals surface area contributed by atoms with Gasteiger partial charge in [-0.05, 0) is 33.0 Å². The number of anilines is 1. The summed E-state index contributed by atoms with van der Waals surface area (Å²) in [6, 6.07) is 0. The average Bonchev–Trinajstić information content (AvgIpc) is 2.33. The zero-order chi connectivity index (χ0) is 11.9. The molecule has 1 fully saturated rings. The first-order valence-corrected chi connectivity index (χ1v) is 5.98. The van der Waals surface area contributed by atoms with E-state index >= 15 is 0 Å². The molecule has 1 saturated heterocycles. The highest BCUT2D eigenvalue weighted by atomic mass is 16.1. The van der Waals surface area contributed by atoms with Gasteiger partial charge in [0.1, 0.15) is 12.1 Å². The van der Waals surface area contributed by atoms with E-state index in [0.29, 0.717) is 12.2 Å². The lowest BCUT2D eigenvalue weighted by Crippen LogP contribution is -2.46. The SMILES string of the molecule is CN1CCC2(CC1)CC(=O)Nc1ncncc12. The molecule has 1 spiro atoms. The summed E-state index contributed by atoms with van der Waals surface area (Å²) in [7, 11) is 2.12. The molecule has 1 aromatic heterocycles. The van der Waals surface area contributed by atoms with Gasteiger partial charge in [-0.2, -0.15) is 0 Å². The van der Waals surface area contributed by atoms with Crippen molar-refractivity contribution in [2.24, 2.45) is 0 Å². The Bertz CT molecular complexity index is 452. The van der Waals surface area contributed by atoms with Crippen LogP contribution in [0, 0.1) is 0 Å². The highest BCUT2D eigenvalue weighted by Crippen LogP contribution is 2.43. The van der Waals surface area contributed by atoms with Gasteiger partial charge in [-0.3, -0.25) is 4.79 Å². The Balaban J connectivity index is 2.02. The maximum absolute atomic E-state index is 11.8. The smallest absolute Gasteiger partial charge is 0.226 e. The predicted octanol–water partition coefficient (Wildman–Crippen LogP) is 0.782. The Kier molecular flexibility index (Phi) is 2.36. The lowest BCUT2D eigenvalue weighted by molar-refractivity contribution is -0.118. The minimum Gasteiger partial charge on any atom is -0.310 e. The molecule has 1 aromatic rings. The maximum atomic E-state index is 11.8. The first-order valence-electron chi connectivity index (χ1n) is 5.98. The van der Waals surface area contributed by atoms with Gasteiger partial charge in [-0.25, -0.2) is 9.97 Å². The van der Waals surface area contributed by atoms with Crippen LogP contribution in [0.5, 0.6) is 0 Å². The summed E-state index contributed by atoms with van der Waals surface area (Å²) in [6.07, 6.45) is 5.95. The van der Waals surface area contributed by atoms with E-state index in [4.69, 9.17) is 0 Å². The number of fused-ring (bicyclic) bond motifs is 2. The number of carbonyl (C=O) groups is 1. The fourth-order valence-electron chi connectivity index (χ4n) is 2.89. The molecule has 0 aliphatic carbocycles. The predicted molar refractivity (Wildman–Crippen MR) is 63.7 cm³/mol. The minimum absolute atomic E-state index is 0.0363. The number of carbonyl (C=O) groups excluding carboxylic acids is 1. The summed E-state index contributed by atoms with van der Waals surface area (Å²) in [5.74, 6) is 0.793. The fourth-order valence-corrected chi connectivity index (χ4v) is 2.89. The molecular weight excluding hydrogens is 216 g/mol. The second-order valence-electron chi connectivity index (χ2n) is 5.09. The van der Waals surface area contributed by atoms with Crippen LogP contribution in [-0.2, 0) is 10.2 Å². The molecule has 3 heterocycles. The minimum atomic E-state index is -0.0363. The highest BCUT2D eigenvalue weighted by Gasteiger charge is 2.42. The molecule has 0 aromatic carbocycles. The molecule has 0 bridgehead atoms. The Labute approximate surface area is 100 Å². The van der Waals surface area contributed by atoms with Crippen LogP contribution in [-0.4, -0.2) is 40.9 Å². The molecule has 2 aliphatic heterocycles. The van der Waals surface area contributed by atoms with Gasteiger partial charge in [0.05, 0.1) is 0 Å². The monoisotopic (exact) mass is 232 g/mol. The van der Waals surface area contributed by atoms with Crippen LogP contribution >= 0.6 is 0 Å². The van der Waals surface area contributed by atoms with Gasteiger partial charge < -0.3 is 10.2 Å². The Morgan fingerprint density at radius 3 is 2.94 bits per heavy atom. The van der Waals surface area contributed by atoms with E-state index in [1.54, 1.807) is 0 Å². The molecule has 90 valence electrons. The third kappa shape index (κ3) is 1.70. The van der Waals surface area contributed by atoms with Crippen molar-refractivity contribution in [1.29, 1.82) is 0 Å². The number of amides is 1. The van der Waals surface area contributed by atoms with Crippen LogP contribution in [0.25, 0.3) is 0 Å². The number of nitrogens with one attached hydrogen (secondary N) is 1. The summed E-state index contributed by atoms with van der Waals surface area (Å²) in [5, 5.41) is 2.84. The van der Waals surface area contributed by atoms with Gasteiger partial charge in [0.15, 0.2) is 0 Å². The van der Waals surface area contributed by atoms with Crippen LogP contribution in [0.15, 0.2) is 12.5 Å². The lowest BCUT2D eigenvalue weighted by Gasteiger charge is -2.43. The molecule has 0 radical (unpaired) electrons. The molecule has 3 rings (SSSR count). The average molecular weight is 232 g/mol. The summed E-state index contributed by atoms with van der Waals surface area (Å²) in [6.45, 7) is 2.06. The van der Waals surface area contributed by atoms with Gasteiger partial charge in [0.25, 0.3) is 0 Å². The molecule has 0 unspecified atom stereocenters. The number of hydrogen-bond acceptors (Lipinski definition) is 4. The van der Waals surface area contributed by atoms with Crippen molar-refractivity contribution < 1.29 is 4.79 Å². The van der Waals surface area contributed by atoms with Crippen molar-refractivity contribution in [1.82, 2.24) is 14.9 Å². The third-order valence-corrected chi connectivity index (χ3v) is 3.98. The zero-order valence-corrected chi connectivity index (χ0v) is 9.94. The van der Waals surface area contributed by atoms with Gasteiger partial charge in [-0.15, -0.1) is 0 Å². The quantitative estimate of drug-likeness (QED) is 0.718. The molecule has 17 heavy (non-hydrogen) atoms. The lowest BCUT2D eigenvalue weighted by atomic mass is 9.69. The largest absolute Gasteiger partial charge is 0.310 e. The standard InChI is InChI=1S/C12H16N4O/c1-16-4-2-12(3-5-16)6-10(17)15-11-9(12)7-13-8-14-11/h7-8H,2-6H2,1H3,(H,13,14,15,17). The molecular formula is C12H16N4O.